The Balaban J connectivity index is 4.35. The summed E-state index contributed by atoms with van der Waals surface area (Å²) < 4.78 is 36.5. The van der Waals surface area contributed by atoms with E-state index < -0.39 is 36.6 Å². The number of likely N-dealkylation sites (N-methyl/N-ethyl adjacent to an activating group) is 1. The van der Waals surface area contributed by atoms with Crippen molar-refractivity contribution in [1.82, 2.24) is 10.6 Å². The van der Waals surface area contributed by atoms with Crippen molar-refractivity contribution in [2.45, 2.75) is 19.1 Å². The van der Waals surface area contributed by atoms with Crippen LogP contribution in [0.25, 0.3) is 0 Å². The van der Waals surface area contributed by atoms with Gasteiger partial charge in [-0.05, 0) is 6.92 Å². The Morgan fingerprint density at radius 1 is 1.38 bits per heavy atom. The number of hydrogen-bond donors (Lipinski definition) is 3. The molecule has 0 aliphatic carbocycles. The van der Waals surface area contributed by atoms with E-state index in [9.17, 15) is 22.8 Å². The van der Waals surface area contributed by atoms with Crippen molar-refractivity contribution in [1.29, 1.82) is 0 Å². The number of carboxylic acids is 1. The number of amides is 1. The van der Waals surface area contributed by atoms with Gasteiger partial charge in [-0.2, -0.15) is 13.2 Å². The number of halogens is 3. The van der Waals surface area contributed by atoms with Gasteiger partial charge in [-0.25, -0.2) is 0 Å². The van der Waals surface area contributed by atoms with Crippen LogP contribution in [0.2, 0.25) is 0 Å². The van der Waals surface area contributed by atoms with Gasteiger partial charge in [0.15, 0.2) is 5.92 Å². The summed E-state index contributed by atoms with van der Waals surface area (Å²) in [4.78, 5) is 21.3. The number of rotatable bonds is 5. The van der Waals surface area contributed by atoms with Gasteiger partial charge in [-0.3, -0.25) is 9.59 Å². The van der Waals surface area contributed by atoms with Crippen molar-refractivity contribution in [3.05, 3.63) is 0 Å². The van der Waals surface area contributed by atoms with E-state index in [2.05, 4.69) is 10.6 Å². The number of aliphatic carboxylic acids is 1. The third-order valence-electron chi connectivity index (χ3n) is 1.96. The van der Waals surface area contributed by atoms with Crippen LogP contribution < -0.4 is 10.6 Å². The summed E-state index contributed by atoms with van der Waals surface area (Å²) in [6, 6.07) is -0.880. The molecule has 0 fully saturated rings. The Hall–Kier alpha value is -1.31. The molecule has 3 N–H and O–H groups in total. The smallest absolute Gasteiger partial charge is 0.403 e. The highest BCUT2D eigenvalue weighted by atomic mass is 19.4. The first kappa shape index (κ1) is 14.7. The highest BCUT2D eigenvalue weighted by Gasteiger charge is 2.45. The lowest BCUT2D eigenvalue weighted by molar-refractivity contribution is -0.192. The van der Waals surface area contributed by atoms with Gasteiger partial charge < -0.3 is 15.7 Å². The van der Waals surface area contributed by atoms with E-state index in [1.165, 1.54) is 14.0 Å². The summed E-state index contributed by atoms with van der Waals surface area (Å²) in [5, 5.41) is 12.8. The van der Waals surface area contributed by atoms with Crippen molar-refractivity contribution >= 4 is 11.9 Å². The topological polar surface area (TPSA) is 78.4 Å². The molecule has 1 amide bonds. The standard InChI is InChI=1S/C8H13F3N2O3/c1-4(6(14)12-2)13-3-5(7(15)16)8(9,10)11/h4-5,13H,3H2,1-2H3,(H,12,14)(H,15,16). The molecule has 5 nitrogen and oxygen atoms in total. The molecule has 0 bridgehead atoms. The second-order valence-corrected chi connectivity index (χ2v) is 3.18. The van der Waals surface area contributed by atoms with E-state index in [4.69, 9.17) is 5.11 Å². The molecule has 0 heterocycles. The Morgan fingerprint density at radius 2 is 1.88 bits per heavy atom. The van der Waals surface area contributed by atoms with Crippen LogP contribution in [0.4, 0.5) is 13.2 Å². The number of nitrogens with one attached hydrogen (secondary N) is 2. The Labute approximate surface area is 90.0 Å². The lowest BCUT2D eigenvalue weighted by Crippen LogP contribution is -2.46. The van der Waals surface area contributed by atoms with Gasteiger partial charge in [0.05, 0.1) is 6.04 Å². The summed E-state index contributed by atoms with van der Waals surface area (Å²) in [5.74, 6) is -4.99. The monoisotopic (exact) mass is 242 g/mol. The van der Waals surface area contributed by atoms with Crippen molar-refractivity contribution in [3.8, 4) is 0 Å². The number of alkyl halides is 3. The Morgan fingerprint density at radius 3 is 2.19 bits per heavy atom. The van der Waals surface area contributed by atoms with Crippen LogP contribution in [0.1, 0.15) is 6.92 Å². The van der Waals surface area contributed by atoms with Crippen molar-refractivity contribution < 1.29 is 27.9 Å². The maximum atomic E-state index is 12.2. The average Bonchev–Trinajstić information content (AvgIpc) is 2.13. The van der Waals surface area contributed by atoms with Crippen molar-refractivity contribution in [2.24, 2.45) is 5.92 Å². The molecular formula is C8H13F3N2O3. The van der Waals surface area contributed by atoms with Crippen LogP contribution in [-0.4, -0.2) is 42.8 Å². The molecule has 0 aliphatic rings. The number of carboxylic acid groups (broad SMARTS) is 1. The van der Waals surface area contributed by atoms with Crippen LogP contribution in [0, 0.1) is 5.92 Å². The first-order valence-corrected chi connectivity index (χ1v) is 4.44. The summed E-state index contributed by atoms with van der Waals surface area (Å²) in [6.07, 6.45) is -4.83. The molecule has 0 spiro atoms. The van der Waals surface area contributed by atoms with Gasteiger partial charge in [0.25, 0.3) is 0 Å². The summed E-state index contributed by atoms with van der Waals surface area (Å²) >= 11 is 0. The number of carbonyl (C=O) groups excluding carboxylic acids is 1. The molecule has 0 aromatic rings. The quantitative estimate of drug-likeness (QED) is 0.632. The zero-order valence-electron chi connectivity index (χ0n) is 8.76. The first-order chi connectivity index (χ1) is 7.20. The lowest BCUT2D eigenvalue weighted by Gasteiger charge is -2.19. The molecule has 0 aromatic heterocycles. The highest BCUT2D eigenvalue weighted by Crippen LogP contribution is 2.25. The zero-order chi connectivity index (χ0) is 12.9. The fourth-order valence-electron chi connectivity index (χ4n) is 0.947. The zero-order valence-corrected chi connectivity index (χ0v) is 8.76. The minimum absolute atomic E-state index is 0.508. The molecule has 0 rings (SSSR count). The number of hydrogen-bond acceptors (Lipinski definition) is 3. The largest absolute Gasteiger partial charge is 0.481 e. The third kappa shape index (κ3) is 4.47. The van der Waals surface area contributed by atoms with E-state index in [0.29, 0.717) is 0 Å². The SMILES string of the molecule is CNC(=O)C(C)NCC(C(=O)O)C(F)(F)F. The molecule has 0 aromatic carbocycles. The van der Waals surface area contributed by atoms with E-state index in [-0.39, 0.29) is 0 Å². The average molecular weight is 242 g/mol. The molecule has 8 heteroatoms. The second-order valence-electron chi connectivity index (χ2n) is 3.18. The summed E-state index contributed by atoms with van der Waals surface area (Å²) in [6.45, 7) is 0.502. The molecular weight excluding hydrogens is 229 g/mol. The predicted molar refractivity (Wildman–Crippen MR) is 48.7 cm³/mol. The molecule has 94 valence electrons. The maximum Gasteiger partial charge on any atom is 0.403 e. The fourth-order valence-corrected chi connectivity index (χ4v) is 0.947. The molecule has 2 unspecified atom stereocenters. The van der Waals surface area contributed by atoms with Crippen LogP contribution >= 0.6 is 0 Å². The van der Waals surface area contributed by atoms with Crippen molar-refractivity contribution in [3.63, 3.8) is 0 Å². The normalized spacial score (nSPS) is 15.3. The molecule has 0 radical (unpaired) electrons. The minimum Gasteiger partial charge on any atom is -0.481 e. The van der Waals surface area contributed by atoms with E-state index in [0.717, 1.165) is 0 Å². The summed E-state index contributed by atoms with van der Waals surface area (Å²) in [5.41, 5.74) is 0. The van der Waals surface area contributed by atoms with E-state index in [1.54, 1.807) is 0 Å². The molecule has 0 saturated heterocycles. The molecule has 0 saturated carbocycles. The van der Waals surface area contributed by atoms with E-state index in [1.807, 2.05) is 0 Å². The lowest BCUT2D eigenvalue weighted by atomic mass is 10.1. The van der Waals surface area contributed by atoms with Gasteiger partial charge >= 0.3 is 12.1 Å². The van der Waals surface area contributed by atoms with Gasteiger partial charge in [0, 0.05) is 13.6 Å². The number of carbonyl (C=O) groups is 2. The van der Waals surface area contributed by atoms with Gasteiger partial charge in [-0.1, -0.05) is 0 Å². The van der Waals surface area contributed by atoms with E-state index >= 15 is 0 Å². The Kier molecular flexibility index (Phi) is 5.22. The van der Waals surface area contributed by atoms with Crippen LogP contribution in [0.3, 0.4) is 0 Å². The highest BCUT2D eigenvalue weighted by molar-refractivity contribution is 5.81. The van der Waals surface area contributed by atoms with Gasteiger partial charge in [0.1, 0.15) is 0 Å². The second kappa shape index (κ2) is 5.69. The minimum atomic E-state index is -4.83. The molecule has 2 atom stereocenters. The predicted octanol–water partition coefficient (Wildman–Crippen LogP) is -0.0264. The maximum absolute atomic E-state index is 12.2. The Bertz CT molecular complexity index is 268. The van der Waals surface area contributed by atoms with Crippen LogP contribution in [0.5, 0.6) is 0 Å². The molecule has 16 heavy (non-hydrogen) atoms. The van der Waals surface area contributed by atoms with Gasteiger partial charge in [0.2, 0.25) is 5.91 Å². The van der Waals surface area contributed by atoms with Crippen molar-refractivity contribution in [2.75, 3.05) is 13.6 Å². The van der Waals surface area contributed by atoms with Crippen LogP contribution in [-0.2, 0) is 9.59 Å². The first-order valence-electron chi connectivity index (χ1n) is 4.44. The third-order valence-corrected chi connectivity index (χ3v) is 1.96. The fraction of sp³-hybridized carbons (Fsp3) is 0.750. The summed E-state index contributed by atoms with van der Waals surface area (Å²) in [7, 11) is 1.33. The molecule has 0 aliphatic heterocycles. The van der Waals surface area contributed by atoms with Gasteiger partial charge in [-0.15, -0.1) is 0 Å². The van der Waals surface area contributed by atoms with Crippen LogP contribution in [0.15, 0.2) is 0 Å².